The van der Waals surface area contributed by atoms with Gasteiger partial charge < -0.3 is 19.9 Å². The lowest BCUT2D eigenvalue weighted by Crippen LogP contribution is -2.41. The van der Waals surface area contributed by atoms with Crippen molar-refractivity contribution in [3.8, 4) is 0 Å². The van der Waals surface area contributed by atoms with Crippen molar-refractivity contribution in [1.82, 2.24) is 10.3 Å². The number of rotatable bonds is 4. The van der Waals surface area contributed by atoms with Gasteiger partial charge in [-0.25, -0.2) is 9.79 Å². The second-order valence-corrected chi connectivity index (χ2v) is 6.26. The molecule has 8 nitrogen and oxygen atoms in total. The first-order valence-corrected chi connectivity index (χ1v) is 7.71. The predicted molar refractivity (Wildman–Crippen MR) is 83.8 cm³/mol. The van der Waals surface area contributed by atoms with Crippen LogP contribution in [-0.4, -0.2) is 46.6 Å². The molecule has 1 unspecified atom stereocenters. The number of nitrogens with zero attached hydrogens (tertiary/aromatic N) is 2. The molecule has 2 aliphatic heterocycles. The molecule has 1 aromatic rings. The van der Waals surface area contributed by atoms with Gasteiger partial charge in [-0.3, -0.25) is 9.78 Å². The van der Waals surface area contributed by atoms with E-state index in [1.165, 1.54) is 12.3 Å². The van der Waals surface area contributed by atoms with Crippen LogP contribution in [-0.2, 0) is 14.3 Å². The number of amidine groups is 1. The van der Waals surface area contributed by atoms with Gasteiger partial charge in [0.25, 0.3) is 5.91 Å². The molecule has 0 aliphatic carbocycles. The van der Waals surface area contributed by atoms with E-state index in [-0.39, 0.29) is 28.9 Å². The lowest BCUT2D eigenvalue weighted by Gasteiger charge is -2.21. The molecule has 1 aromatic heterocycles. The Labute approximate surface area is 138 Å². The van der Waals surface area contributed by atoms with Gasteiger partial charge in [-0.1, -0.05) is 13.8 Å². The zero-order valence-electron chi connectivity index (χ0n) is 13.7. The molecule has 0 bridgehead atoms. The van der Waals surface area contributed by atoms with Crippen molar-refractivity contribution in [2.75, 3.05) is 13.2 Å². The number of carbonyl (C=O) groups excluding carboxylic acids is 1. The van der Waals surface area contributed by atoms with Crippen molar-refractivity contribution in [3.05, 3.63) is 29.1 Å². The highest BCUT2D eigenvalue weighted by atomic mass is 16.7. The van der Waals surface area contributed by atoms with Gasteiger partial charge in [0.15, 0.2) is 12.1 Å². The SMILES string of the molecule is CC(C)C1(C)N=C(c2ncc(C3OCCO3)cc2C(=O)O)NC1=O. The van der Waals surface area contributed by atoms with Crippen LogP contribution < -0.4 is 5.32 Å². The Morgan fingerprint density at radius 3 is 2.62 bits per heavy atom. The number of ether oxygens (including phenoxy) is 2. The number of pyridine rings is 1. The summed E-state index contributed by atoms with van der Waals surface area (Å²) in [5.74, 6) is -1.29. The molecular weight excluding hydrogens is 314 g/mol. The molecule has 0 spiro atoms. The smallest absolute Gasteiger partial charge is 0.338 e. The van der Waals surface area contributed by atoms with Crippen molar-refractivity contribution in [3.63, 3.8) is 0 Å². The Bertz CT molecular complexity index is 724. The van der Waals surface area contributed by atoms with E-state index in [9.17, 15) is 14.7 Å². The highest BCUT2D eigenvalue weighted by molar-refractivity contribution is 6.17. The van der Waals surface area contributed by atoms with Gasteiger partial charge in [-0.15, -0.1) is 0 Å². The standard InChI is InChI=1S/C16H19N3O5/c1-8(2)16(3)15(22)18-12(19-16)11-10(13(20)21)6-9(7-17-11)14-23-4-5-24-14/h6-8,14H,4-5H2,1-3H3,(H,20,21)(H,18,19,22). The van der Waals surface area contributed by atoms with Crippen molar-refractivity contribution < 1.29 is 24.2 Å². The van der Waals surface area contributed by atoms with Gasteiger partial charge in [0, 0.05) is 11.8 Å². The van der Waals surface area contributed by atoms with Crippen molar-refractivity contribution >= 4 is 17.7 Å². The predicted octanol–water partition coefficient (Wildman–Crippen LogP) is 1.12. The number of amides is 1. The Hall–Kier alpha value is -2.32. The molecule has 3 rings (SSSR count). The first-order valence-electron chi connectivity index (χ1n) is 7.71. The molecule has 1 fully saturated rings. The normalized spacial score (nSPS) is 24.3. The Balaban J connectivity index is 2.02. The van der Waals surface area contributed by atoms with Crippen LogP contribution in [0.5, 0.6) is 0 Å². The summed E-state index contributed by atoms with van der Waals surface area (Å²) in [6.07, 6.45) is 0.864. The van der Waals surface area contributed by atoms with E-state index in [4.69, 9.17) is 9.47 Å². The fourth-order valence-corrected chi connectivity index (χ4v) is 2.56. The van der Waals surface area contributed by atoms with Crippen LogP contribution in [0, 0.1) is 5.92 Å². The Morgan fingerprint density at radius 2 is 2.08 bits per heavy atom. The number of aromatic carboxylic acids is 1. The van der Waals surface area contributed by atoms with Crippen LogP contribution in [0.3, 0.4) is 0 Å². The molecule has 0 aromatic carbocycles. The maximum atomic E-state index is 12.2. The monoisotopic (exact) mass is 333 g/mol. The van der Waals surface area contributed by atoms with Gasteiger partial charge in [0.1, 0.15) is 11.2 Å². The van der Waals surface area contributed by atoms with Gasteiger partial charge in [0.05, 0.1) is 18.8 Å². The van der Waals surface area contributed by atoms with Gasteiger partial charge in [0.2, 0.25) is 0 Å². The lowest BCUT2D eigenvalue weighted by molar-refractivity contribution is -0.124. The van der Waals surface area contributed by atoms with Gasteiger partial charge in [-0.05, 0) is 18.9 Å². The van der Waals surface area contributed by atoms with E-state index < -0.39 is 17.8 Å². The Morgan fingerprint density at radius 1 is 1.42 bits per heavy atom. The van der Waals surface area contributed by atoms with E-state index in [0.717, 1.165) is 0 Å². The molecule has 3 heterocycles. The van der Waals surface area contributed by atoms with E-state index in [0.29, 0.717) is 18.8 Å². The van der Waals surface area contributed by atoms with Crippen LogP contribution in [0.2, 0.25) is 0 Å². The summed E-state index contributed by atoms with van der Waals surface area (Å²) in [6, 6.07) is 1.44. The van der Waals surface area contributed by atoms with Crippen molar-refractivity contribution in [2.45, 2.75) is 32.6 Å². The van der Waals surface area contributed by atoms with Crippen LogP contribution in [0.1, 0.15) is 48.7 Å². The summed E-state index contributed by atoms with van der Waals surface area (Å²) in [4.78, 5) is 32.5. The summed E-state index contributed by atoms with van der Waals surface area (Å²) in [6.45, 7) is 6.38. The average molecular weight is 333 g/mol. The molecule has 24 heavy (non-hydrogen) atoms. The quantitative estimate of drug-likeness (QED) is 0.854. The molecule has 1 saturated heterocycles. The second-order valence-electron chi connectivity index (χ2n) is 6.26. The molecule has 2 aliphatic rings. The number of hydrogen-bond acceptors (Lipinski definition) is 6. The van der Waals surface area contributed by atoms with E-state index in [1.807, 2.05) is 13.8 Å². The maximum absolute atomic E-state index is 12.2. The van der Waals surface area contributed by atoms with Crippen molar-refractivity contribution in [2.24, 2.45) is 10.9 Å². The zero-order chi connectivity index (χ0) is 17.5. The number of aliphatic imine (C=N–C) groups is 1. The fourth-order valence-electron chi connectivity index (χ4n) is 2.56. The third kappa shape index (κ3) is 2.67. The summed E-state index contributed by atoms with van der Waals surface area (Å²) in [5, 5.41) is 12.2. The zero-order valence-corrected chi connectivity index (χ0v) is 13.7. The van der Waals surface area contributed by atoms with Crippen molar-refractivity contribution in [1.29, 1.82) is 0 Å². The first kappa shape index (κ1) is 16.5. The Kier molecular flexibility index (Phi) is 4.10. The number of carboxylic acid groups (broad SMARTS) is 1. The van der Waals surface area contributed by atoms with Gasteiger partial charge in [-0.2, -0.15) is 0 Å². The summed E-state index contributed by atoms with van der Waals surface area (Å²) < 4.78 is 10.7. The number of hydrogen-bond donors (Lipinski definition) is 2. The fraction of sp³-hybridized carbons (Fsp3) is 0.500. The minimum atomic E-state index is -1.16. The minimum absolute atomic E-state index is 0.0390. The minimum Gasteiger partial charge on any atom is -0.478 e. The molecule has 128 valence electrons. The average Bonchev–Trinajstić information content (AvgIpc) is 3.16. The molecular formula is C16H19N3O5. The van der Waals surface area contributed by atoms with E-state index in [1.54, 1.807) is 6.92 Å². The van der Waals surface area contributed by atoms with Crippen LogP contribution >= 0.6 is 0 Å². The van der Waals surface area contributed by atoms with E-state index >= 15 is 0 Å². The number of aromatic nitrogens is 1. The highest BCUT2D eigenvalue weighted by Gasteiger charge is 2.43. The number of carboxylic acids is 1. The molecule has 8 heteroatoms. The topological polar surface area (TPSA) is 110 Å². The summed E-state index contributed by atoms with van der Waals surface area (Å²) in [5.41, 5.74) is -0.353. The first-order chi connectivity index (χ1) is 11.3. The molecule has 0 saturated carbocycles. The third-order valence-electron chi connectivity index (χ3n) is 4.42. The van der Waals surface area contributed by atoms with Crippen LogP contribution in [0.15, 0.2) is 17.3 Å². The third-order valence-corrected chi connectivity index (χ3v) is 4.42. The molecule has 1 atom stereocenters. The molecule has 0 radical (unpaired) electrons. The van der Waals surface area contributed by atoms with E-state index in [2.05, 4.69) is 15.3 Å². The number of carbonyl (C=O) groups is 2. The maximum Gasteiger partial charge on any atom is 0.338 e. The molecule has 1 amide bonds. The summed E-state index contributed by atoms with van der Waals surface area (Å²) >= 11 is 0. The second kappa shape index (κ2) is 5.95. The highest BCUT2D eigenvalue weighted by Crippen LogP contribution is 2.29. The summed E-state index contributed by atoms with van der Waals surface area (Å²) in [7, 11) is 0. The lowest BCUT2D eigenvalue weighted by atomic mass is 9.89. The van der Waals surface area contributed by atoms with Gasteiger partial charge >= 0.3 is 5.97 Å². The van der Waals surface area contributed by atoms with Crippen LogP contribution in [0.25, 0.3) is 0 Å². The molecule has 2 N–H and O–H groups in total. The largest absolute Gasteiger partial charge is 0.478 e. The number of nitrogens with one attached hydrogen (secondary N) is 1. The van der Waals surface area contributed by atoms with Crippen LogP contribution in [0.4, 0.5) is 0 Å².